The van der Waals surface area contributed by atoms with Crippen molar-refractivity contribution >= 4 is 11.7 Å². The molecule has 2 N–H and O–H groups in total. The third-order valence-electron chi connectivity index (χ3n) is 4.06. The first-order valence-electron chi connectivity index (χ1n) is 6.56. The van der Waals surface area contributed by atoms with Crippen molar-refractivity contribution in [2.45, 2.75) is 32.7 Å². The van der Waals surface area contributed by atoms with Gasteiger partial charge in [0.25, 0.3) is 5.91 Å². The number of nitrogens with one attached hydrogen (secondary N) is 2. The largest absolute Gasteiger partial charge is 0.373 e. The molecule has 1 saturated carbocycles. The zero-order valence-corrected chi connectivity index (χ0v) is 11.2. The first-order chi connectivity index (χ1) is 8.61. The molecule has 0 spiro atoms. The predicted octanol–water partition coefficient (Wildman–Crippen LogP) is 2.29. The maximum absolute atomic E-state index is 12.1. The molecule has 1 aromatic rings. The summed E-state index contributed by atoms with van der Waals surface area (Å²) >= 11 is 0. The van der Waals surface area contributed by atoms with Gasteiger partial charge in [0, 0.05) is 19.3 Å². The van der Waals surface area contributed by atoms with Gasteiger partial charge >= 0.3 is 0 Å². The fourth-order valence-electron chi connectivity index (χ4n) is 2.50. The summed E-state index contributed by atoms with van der Waals surface area (Å²) in [6.45, 7) is 4.46. The number of amides is 1. The minimum absolute atomic E-state index is 0.0175. The van der Waals surface area contributed by atoms with Crippen molar-refractivity contribution in [2.75, 3.05) is 12.4 Å². The van der Waals surface area contributed by atoms with Crippen LogP contribution in [0.2, 0.25) is 0 Å². The molecule has 98 valence electrons. The van der Waals surface area contributed by atoms with Gasteiger partial charge in [-0.25, -0.2) is 4.98 Å². The average molecular weight is 247 g/mol. The quantitative estimate of drug-likeness (QED) is 0.861. The van der Waals surface area contributed by atoms with E-state index in [9.17, 15) is 4.79 Å². The Hall–Kier alpha value is -1.58. The Morgan fingerprint density at radius 1 is 1.33 bits per heavy atom. The van der Waals surface area contributed by atoms with E-state index in [0.717, 1.165) is 12.2 Å². The second kappa shape index (κ2) is 5.38. The van der Waals surface area contributed by atoms with Crippen LogP contribution in [-0.2, 0) is 0 Å². The lowest BCUT2D eigenvalue weighted by Crippen LogP contribution is -2.37. The highest BCUT2D eigenvalue weighted by atomic mass is 16.1. The van der Waals surface area contributed by atoms with Crippen LogP contribution in [0.25, 0.3) is 0 Å². The summed E-state index contributed by atoms with van der Waals surface area (Å²) in [6.07, 6.45) is 3.89. The van der Waals surface area contributed by atoms with Crippen molar-refractivity contribution in [3.8, 4) is 0 Å². The molecule has 18 heavy (non-hydrogen) atoms. The molecule has 1 fully saturated rings. The molecule has 0 aromatic carbocycles. The lowest BCUT2D eigenvalue weighted by molar-refractivity contribution is 0.0927. The van der Waals surface area contributed by atoms with Crippen molar-refractivity contribution in [2.24, 2.45) is 11.8 Å². The Morgan fingerprint density at radius 2 is 2.11 bits per heavy atom. The van der Waals surface area contributed by atoms with E-state index < -0.39 is 0 Å². The van der Waals surface area contributed by atoms with E-state index in [0.29, 0.717) is 23.4 Å². The summed E-state index contributed by atoms with van der Waals surface area (Å²) in [6, 6.07) is 3.92. The van der Waals surface area contributed by atoms with Crippen molar-refractivity contribution in [3.63, 3.8) is 0 Å². The summed E-state index contributed by atoms with van der Waals surface area (Å²) < 4.78 is 0. The number of hydrogen-bond donors (Lipinski definition) is 2. The van der Waals surface area contributed by atoms with Gasteiger partial charge in [-0.05, 0) is 36.8 Å². The smallest absolute Gasteiger partial charge is 0.253 e. The van der Waals surface area contributed by atoms with Crippen LogP contribution in [0, 0.1) is 11.8 Å². The monoisotopic (exact) mass is 247 g/mol. The lowest BCUT2D eigenvalue weighted by atomic mass is 9.97. The Kier molecular flexibility index (Phi) is 3.84. The molecular formula is C14H21N3O. The molecule has 1 amide bonds. The number of aromatic nitrogens is 1. The second-order valence-corrected chi connectivity index (χ2v) is 5.18. The zero-order valence-electron chi connectivity index (χ0n) is 11.2. The third kappa shape index (κ3) is 2.63. The molecule has 3 atom stereocenters. The number of rotatable bonds is 3. The molecule has 2 rings (SSSR count). The van der Waals surface area contributed by atoms with Crippen LogP contribution in [0.4, 0.5) is 5.82 Å². The molecule has 0 bridgehead atoms. The van der Waals surface area contributed by atoms with Crippen LogP contribution in [0.5, 0.6) is 0 Å². The van der Waals surface area contributed by atoms with Crippen molar-refractivity contribution in [1.29, 1.82) is 0 Å². The third-order valence-corrected chi connectivity index (χ3v) is 4.06. The molecule has 1 aliphatic rings. The van der Waals surface area contributed by atoms with Crippen molar-refractivity contribution < 1.29 is 4.79 Å². The van der Waals surface area contributed by atoms with Crippen LogP contribution in [0.3, 0.4) is 0 Å². The van der Waals surface area contributed by atoms with Gasteiger partial charge in [-0.2, -0.15) is 0 Å². The molecule has 1 aromatic heterocycles. The summed E-state index contributed by atoms with van der Waals surface area (Å²) in [7, 11) is 1.81. The number of carbonyl (C=O) groups excluding carboxylic acids is 1. The molecular weight excluding hydrogens is 226 g/mol. The number of carbonyl (C=O) groups is 1. The minimum atomic E-state index is -0.0175. The van der Waals surface area contributed by atoms with Crippen LogP contribution < -0.4 is 10.6 Å². The highest BCUT2D eigenvalue weighted by Crippen LogP contribution is 2.31. The molecule has 0 saturated heterocycles. The second-order valence-electron chi connectivity index (χ2n) is 5.18. The molecule has 4 heteroatoms. The van der Waals surface area contributed by atoms with Gasteiger partial charge in [-0.15, -0.1) is 0 Å². The first-order valence-corrected chi connectivity index (χ1v) is 6.56. The van der Waals surface area contributed by atoms with E-state index in [1.165, 1.54) is 6.42 Å². The minimum Gasteiger partial charge on any atom is -0.373 e. The zero-order chi connectivity index (χ0) is 13.1. The average Bonchev–Trinajstić information content (AvgIpc) is 2.71. The normalized spacial score (nSPS) is 26.9. The number of hydrogen-bond acceptors (Lipinski definition) is 3. The fourth-order valence-corrected chi connectivity index (χ4v) is 2.50. The topological polar surface area (TPSA) is 54.0 Å². The highest BCUT2D eigenvalue weighted by Gasteiger charge is 2.30. The number of anilines is 1. The summed E-state index contributed by atoms with van der Waals surface area (Å²) in [5, 5.41) is 6.05. The molecule has 1 aliphatic carbocycles. The van der Waals surface area contributed by atoms with Gasteiger partial charge in [0.1, 0.15) is 5.82 Å². The van der Waals surface area contributed by atoms with Crippen LogP contribution in [0.15, 0.2) is 18.3 Å². The van der Waals surface area contributed by atoms with Gasteiger partial charge in [-0.3, -0.25) is 4.79 Å². The Morgan fingerprint density at radius 3 is 2.61 bits per heavy atom. The van der Waals surface area contributed by atoms with E-state index in [-0.39, 0.29) is 5.91 Å². The lowest BCUT2D eigenvalue weighted by Gasteiger charge is -2.19. The summed E-state index contributed by atoms with van der Waals surface area (Å²) in [5.41, 5.74) is 0.626. The first kappa shape index (κ1) is 12.9. The molecule has 4 nitrogen and oxygen atoms in total. The van der Waals surface area contributed by atoms with E-state index in [1.54, 1.807) is 12.3 Å². The predicted molar refractivity (Wildman–Crippen MR) is 72.6 cm³/mol. The standard InChI is InChI=1S/C14H21N3O/c1-9-4-6-12(10(9)2)17-14(18)11-5-7-13(15-3)16-8-11/h5,7-10,12H,4,6H2,1-3H3,(H,15,16)(H,17,18). The molecule has 3 unspecified atom stereocenters. The molecule has 1 heterocycles. The maximum atomic E-state index is 12.1. The van der Waals surface area contributed by atoms with Crippen molar-refractivity contribution in [1.82, 2.24) is 10.3 Å². The van der Waals surface area contributed by atoms with Gasteiger partial charge in [0.05, 0.1) is 5.56 Å². The van der Waals surface area contributed by atoms with Crippen LogP contribution in [-0.4, -0.2) is 24.0 Å². The number of nitrogens with zero attached hydrogens (tertiary/aromatic N) is 1. The van der Waals surface area contributed by atoms with Gasteiger partial charge < -0.3 is 10.6 Å². The van der Waals surface area contributed by atoms with Gasteiger partial charge in [-0.1, -0.05) is 13.8 Å². The SMILES string of the molecule is CNc1ccc(C(=O)NC2CCC(C)C2C)cn1. The fraction of sp³-hybridized carbons (Fsp3) is 0.571. The highest BCUT2D eigenvalue weighted by molar-refractivity contribution is 5.94. The number of pyridine rings is 1. The van der Waals surface area contributed by atoms with E-state index in [4.69, 9.17) is 0 Å². The van der Waals surface area contributed by atoms with E-state index >= 15 is 0 Å². The summed E-state index contributed by atoms with van der Waals surface area (Å²) in [5.74, 6) is 2.00. The Balaban J connectivity index is 1.99. The molecule has 0 aliphatic heterocycles. The van der Waals surface area contributed by atoms with E-state index in [2.05, 4.69) is 29.5 Å². The maximum Gasteiger partial charge on any atom is 0.253 e. The summed E-state index contributed by atoms with van der Waals surface area (Å²) in [4.78, 5) is 16.2. The Labute approximate surface area is 108 Å². The van der Waals surface area contributed by atoms with Crippen LogP contribution in [0.1, 0.15) is 37.0 Å². The van der Waals surface area contributed by atoms with Gasteiger partial charge in [0.15, 0.2) is 0 Å². The van der Waals surface area contributed by atoms with Crippen molar-refractivity contribution in [3.05, 3.63) is 23.9 Å². The van der Waals surface area contributed by atoms with Crippen LogP contribution >= 0.6 is 0 Å². The van der Waals surface area contributed by atoms with E-state index in [1.807, 2.05) is 13.1 Å². The Bertz CT molecular complexity index is 416. The van der Waals surface area contributed by atoms with Gasteiger partial charge in [0.2, 0.25) is 0 Å². The molecule has 0 radical (unpaired) electrons.